The highest BCUT2D eigenvalue weighted by Gasteiger charge is 2.32. The number of piperazine rings is 1. The third-order valence-corrected chi connectivity index (χ3v) is 7.97. The van der Waals surface area contributed by atoms with Crippen molar-refractivity contribution in [3.8, 4) is 22.9 Å². The van der Waals surface area contributed by atoms with Crippen LogP contribution in [-0.4, -0.2) is 63.3 Å². The number of carbonyl (C=O) groups excluding carboxylic acids is 1. The Bertz CT molecular complexity index is 1640. The van der Waals surface area contributed by atoms with Crippen LogP contribution >= 0.6 is 11.6 Å². The van der Waals surface area contributed by atoms with Crippen molar-refractivity contribution in [3.63, 3.8) is 0 Å². The molecular weight excluding hydrogens is 502 g/mol. The zero-order chi connectivity index (χ0) is 26.4. The summed E-state index contributed by atoms with van der Waals surface area (Å²) in [6.07, 6.45) is 6.61. The molecule has 1 saturated heterocycles. The number of halogens is 1. The number of aromatic nitrogens is 4. The normalized spacial score (nSPS) is 17.2. The lowest BCUT2D eigenvalue weighted by molar-refractivity contribution is -0.128. The fraction of sp³-hybridized carbons (Fsp3) is 0.321. The predicted octanol–water partition coefficient (Wildman–Crippen LogP) is 4.58. The molecule has 1 fully saturated rings. The third kappa shape index (κ3) is 3.84. The standard InChI is InChI=1S/C28H26ClN7O2/c1-3-23(37)36-9-8-35(14-17(36)6-7-30)28-25-22(31-15-32-28)12-19(18-5-4-10-38-27(18)25)24-20-13-33-34-21(20)11-16(2)26(24)29/h3,11-13,15,17H,1,4-6,8-10,14H2,2H3,(H,33,34)/t17-/m0/s1. The molecule has 4 heterocycles. The molecule has 192 valence electrons. The van der Waals surface area contributed by atoms with Gasteiger partial charge in [0.2, 0.25) is 5.91 Å². The summed E-state index contributed by atoms with van der Waals surface area (Å²) in [4.78, 5) is 25.6. The molecule has 0 radical (unpaired) electrons. The number of carbonyl (C=O) groups is 1. The van der Waals surface area contributed by atoms with Crippen molar-refractivity contribution < 1.29 is 9.53 Å². The van der Waals surface area contributed by atoms with Gasteiger partial charge in [-0.2, -0.15) is 10.4 Å². The summed E-state index contributed by atoms with van der Waals surface area (Å²) in [7, 11) is 0. The summed E-state index contributed by atoms with van der Waals surface area (Å²) in [6, 6.07) is 6.04. The molecule has 2 aromatic carbocycles. The number of aromatic amines is 1. The molecule has 2 aliphatic rings. The number of H-pyrrole nitrogens is 1. The second-order valence-electron chi connectivity index (χ2n) is 9.69. The number of nitriles is 1. The van der Waals surface area contributed by atoms with Crippen molar-refractivity contribution in [3.05, 3.63) is 53.5 Å². The van der Waals surface area contributed by atoms with Crippen LogP contribution in [0.5, 0.6) is 5.75 Å². The molecule has 6 rings (SSSR count). The number of aryl methyl sites for hydroxylation is 1. The van der Waals surface area contributed by atoms with Gasteiger partial charge in [-0.25, -0.2) is 9.97 Å². The van der Waals surface area contributed by atoms with Crippen LogP contribution in [0.25, 0.3) is 32.9 Å². The van der Waals surface area contributed by atoms with E-state index in [1.54, 1.807) is 17.4 Å². The molecule has 1 amide bonds. The first-order valence-electron chi connectivity index (χ1n) is 12.6. The summed E-state index contributed by atoms with van der Waals surface area (Å²) in [5.74, 6) is 1.36. The molecule has 0 bridgehead atoms. The van der Waals surface area contributed by atoms with E-state index < -0.39 is 0 Å². The van der Waals surface area contributed by atoms with E-state index in [0.717, 1.165) is 68.5 Å². The maximum atomic E-state index is 12.4. The van der Waals surface area contributed by atoms with Gasteiger partial charge in [0.1, 0.15) is 17.9 Å². The van der Waals surface area contributed by atoms with E-state index in [4.69, 9.17) is 16.3 Å². The predicted molar refractivity (Wildman–Crippen MR) is 146 cm³/mol. The van der Waals surface area contributed by atoms with E-state index in [9.17, 15) is 10.1 Å². The van der Waals surface area contributed by atoms with Gasteiger partial charge < -0.3 is 14.5 Å². The number of anilines is 1. The van der Waals surface area contributed by atoms with Gasteiger partial charge in [-0.3, -0.25) is 9.89 Å². The minimum atomic E-state index is -0.263. The monoisotopic (exact) mass is 527 g/mol. The number of hydrogen-bond donors (Lipinski definition) is 1. The average molecular weight is 528 g/mol. The lowest BCUT2D eigenvalue weighted by Crippen LogP contribution is -2.55. The van der Waals surface area contributed by atoms with Gasteiger partial charge in [-0.15, -0.1) is 0 Å². The van der Waals surface area contributed by atoms with Crippen LogP contribution in [0, 0.1) is 18.3 Å². The Balaban J connectivity index is 1.53. The summed E-state index contributed by atoms with van der Waals surface area (Å²) in [6.45, 7) is 7.73. The van der Waals surface area contributed by atoms with Crippen molar-refractivity contribution >= 4 is 45.1 Å². The van der Waals surface area contributed by atoms with Gasteiger partial charge in [-0.05, 0) is 49.1 Å². The van der Waals surface area contributed by atoms with Crippen molar-refractivity contribution in [2.24, 2.45) is 0 Å². The van der Waals surface area contributed by atoms with Gasteiger partial charge in [0.25, 0.3) is 0 Å². The largest absolute Gasteiger partial charge is 0.492 e. The highest BCUT2D eigenvalue weighted by Crippen LogP contribution is 2.47. The summed E-state index contributed by atoms with van der Waals surface area (Å²) in [5.41, 5.74) is 5.62. The molecule has 10 heteroatoms. The van der Waals surface area contributed by atoms with E-state index in [1.165, 1.54) is 6.08 Å². The molecule has 2 aromatic heterocycles. The number of rotatable bonds is 4. The first kappa shape index (κ1) is 24.2. The van der Waals surface area contributed by atoms with Crippen molar-refractivity contribution in [2.45, 2.75) is 32.2 Å². The van der Waals surface area contributed by atoms with Gasteiger partial charge in [-0.1, -0.05) is 18.2 Å². The first-order chi connectivity index (χ1) is 18.5. The van der Waals surface area contributed by atoms with E-state index in [1.807, 2.05) is 13.0 Å². The molecule has 9 nitrogen and oxygen atoms in total. The number of nitrogens with zero attached hydrogens (tertiary/aromatic N) is 6. The molecule has 0 unspecified atom stereocenters. The lowest BCUT2D eigenvalue weighted by Gasteiger charge is -2.41. The van der Waals surface area contributed by atoms with E-state index in [0.29, 0.717) is 31.3 Å². The molecule has 1 atom stereocenters. The fourth-order valence-electron chi connectivity index (χ4n) is 5.71. The van der Waals surface area contributed by atoms with Gasteiger partial charge in [0, 0.05) is 36.1 Å². The lowest BCUT2D eigenvalue weighted by atomic mass is 9.90. The first-order valence-corrected chi connectivity index (χ1v) is 13.0. The molecule has 0 saturated carbocycles. The maximum absolute atomic E-state index is 12.4. The van der Waals surface area contributed by atoms with Crippen LogP contribution in [0.3, 0.4) is 0 Å². The molecule has 38 heavy (non-hydrogen) atoms. The molecule has 4 aromatic rings. The van der Waals surface area contributed by atoms with Gasteiger partial charge in [0.05, 0.1) is 52.8 Å². The zero-order valence-electron chi connectivity index (χ0n) is 21.0. The SMILES string of the molecule is C=CC(=O)N1CCN(c2ncnc3cc(-c4c(Cl)c(C)cc5[nH]ncc45)c4c(c23)OCCC4)C[C@@H]1CC#N. The Hall–Kier alpha value is -4.16. The number of ether oxygens (including phenoxy) is 1. The van der Waals surface area contributed by atoms with E-state index in [-0.39, 0.29) is 18.4 Å². The Morgan fingerprint density at radius 1 is 1.37 bits per heavy atom. The number of amides is 1. The molecule has 2 aliphatic heterocycles. The summed E-state index contributed by atoms with van der Waals surface area (Å²) < 4.78 is 6.34. The molecule has 0 spiro atoms. The second kappa shape index (κ2) is 9.62. The number of fused-ring (bicyclic) bond motifs is 4. The molecule has 0 aliphatic carbocycles. The highest BCUT2D eigenvalue weighted by atomic mass is 35.5. The van der Waals surface area contributed by atoms with Gasteiger partial charge in [0.15, 0.2) is 0 Å². The second-order valence-corrected chi connectivity index (χ2v) is 10.1. The number of hydrogen-bond acceptors (Lipinski definition) is 7. The van der Waals surface area contributed by atoms with Crippen LogP contribution < -0.4 is 9.64 Å². The minimum Gasteiger partial charge on any atom is -0.492 e. The Morgan fingerprint density at radius 2 is 2.24 bits per heavy atom. The molecule has 1 N–H and O–H groups in total. The molecular formula is C28H26ClN7O2. The summed E-state index contributed by atoms with van der Waals surface area (Å²) in [5, 5.41) is 19.2. The minimum absolute atomic E-state index is 0.164. The average Bonchev–Trinajstić information content (AvgIpc) is 3.40. The Morgan fingerprint density at radius 3 is 3.05 bits per heavy atom. The Kier molecular flexibility index (Phi) is 6.12. The quantitative estimate of drug-likeness (QED) is 0.387. The topological polar surface area (TPSA) is 111 Å². The fourth-order valence-corrected chi connectivity index (χ4v) is 5.96. The van der Waals surface area contributed by atoms with E-state index in [2.05, 4.69) is 43.8 Å². The number of benzene rings is 2. The van der Waals surface area contributed by atoms with Crippen LogP contribution in [0.15, 0.2) is 37.3 Å². The highest BCUT2D eigenvalue weighted by molar-refractivity contribution is 6.36. The smallest absolute Gasteiger partial charge is 0.246 e. The maximum Gasteiger partial charge on any atom is 0.246 e. The van der Waals surface area contributed by atoms with E-state index >= 15 is 0 Å². The third-order valence-electron chi connectivity index (χ3n) is 7.48. The summed E-state index contributed by atoms with van der Waals surface area (Å²) >= 11 is 6.92. The van der Waals surface area contributed by atoms with Gasteiger partial charge >= 0.3 is 0 Å². The Labute approximate surface area is 224 Å². The van der Waals surface area contributed by atoms with Crippen molar-refractivity contribution in [1.82, 2.24) is 25.1 Å². The van der Waals surface area contributed by atoms with Crippen molar-refractivity contribution in [2.75, 3.05) is 31.1 Å². The van der Waals surface area contributed by atoms with Crippen LogP contribution in [0.2, 0.25) is 5.02 Å². The number of nitrogens with one attached hydrogen (secondary N) is 1. The van der Waals surface area contributed by atoms with Crippen LogP contribution in [-0.2, 0) is 11.2 Å². The van der Waals surface area contributed by atoms with Crippen LogP contribution in [0.1, 0.15) is 24.0 Å². The van der Waals surface area contributed by atoms with Crippen LogP contribution in [0.4, 0.5) is 5.82 Å². The zero-order valence-corrected chi connectivity index (χ0v) is 21.8. The van der Waals surface area contributed by atoms with Crippen molar-refractivity contribution in [1.29, 1.82) is 5.26 Å².